The molecule has 1 aromatic rings. The average Bonchev–Trinajstić information content (AvgIpc) is 2.93. The maximum atomic E-state index is 11.9. The predicted octanol–water partition coefficient (Wildman–Crippen LogP) is 0.684. The van der Waals surface area contributed by atoms with Gasteiger partial charge in [-0.25, -0.2) is 13.2 Å². The molecule has 1 atom stereocenters. The maximum Gasteiger partial charge on any atom is 0.373 e. The van der Waals surface area contributed by atoms with Gasteiger partial charge in [0.15, 0.2) is 15.6 Å². The number of ketones is 1. The van der Waals surface area contributed by atoms with Crippen molar-refractivity contribution in [3.8, 4) is 0 Å². The van der Waals surface area contributed by atoms with Gasteiger partial charge in [-0.2, -0.15) is 0 Å². The molecule has 0 amide bonds. The summed E-state index contributed by atoms with van der Waals surface area (Å²) in [6.45, 7) is 0. The summed E-state index contributed by atoms with van der Waals surface area (Å²) in [5.74, 6) is -1.83. The van der Waals surface area contributed by atoms with Crippen LogP contribution in [0.5, 0.6) is 0 Å². The van der Waals surface area contributed by atoms with Crippen molar-refractivity contribution in [1.82, 2.24) is 0 Å². The molecule has 1 aliphatic heterocycles. The van der Waals surface area contributed by atoms with Crippen LogP contribution >= 0.6 is 0 Å². The molecule has 98 valence electrons. The summed E-state index contributed by atoms with van der Waals surface area (Å²) in [4.78, 5) is 23.1. The number of carbonyl (C=O) groups excluding carboxylic acids is 2. The minimum absolute atomic E-state index is 0.00231. The lowest BCUT2D eigenvalue weighted by Gasteiger charge is -2.02. The van der Waals surface area contributed by atoms with E-state index in [4.69, 9.17) is 4.42 Å². The summed E-state index contributed by atoms with van der Waals surface area (Å²) in [6, 6.07) is 2.70. The number of Topliss-reactive ketones (excluding diaryl/α,β-unsaturated/α-hetero) is 1. The van der Waals surface area contributed by atoms with Crippen molar-refractivity contribution in [1.29, 1.82) is 0 Å². The number of hydrogen-bond donors (Lipinski definition) is 0. The van der Waals surface area contributed by atoms with E-state index in [1.54, 1.807) is 0 Å². The second-order valence-corrected chi connectivity index (χ2v) is 6.35. The molecule has 0 bridgehead atoms. The molecule has 1 unspecified atom stereocenters. The first-order valence-corrected chi connectivity index (χ1v) is 7.18. The van der Waals surface area contributed by atoms with Gasteiger partial charge in [0, 0.05) is 5.92 Å². The highest BCUT2D eigenvalue weighted by Gasteiger charge is 2.34. The summed E-state index contributed by atoms with van der Waals surface area (Å²) in [5, 5.41) is 0. The fourth-order valence-electron chi connectivity index (χ4n) is 1.88. The Morgan fingerprint density at radius 3 is 2.56 bits per heavy atom. The van der Waals surface area contributed by atoms with E-state index >= 15 is 0 Å². The van der Waals surface area contributed by atoms with Crippen LogP contribution in [0.3, 0.4) is 0 Å². The molecule has 0 N–H and O–H groups in total. The third-order valence-electron chi connectivity index (χ3n) is 2.84. The van der Waals surface area contributed by atoms with Gasteiger partial charge >= 0.3 is 5.97 Å². The number of furan rings is 1. The molecule has 2 heterocycles. The van der Waals surface area contributed by atoms with E-state index in [0.717, 1.165) is 0 Å². The number of carbonyl (C=O) groups is 2. The van der Waals surface area contributed by atoms with Gasteiger partial charge in [0.2, 0.25) is 11.5 Å². The van der Waals surface area contributed by atoms with E-state index in [9.17, 15) is 18.0 Å². The van der Waals surface area contributed by atoms with Crippen LogP contribution in [0.1, 0.15) is 27.5 Å². The topological polar surface area (TPSA) is 90.7 Å². The molecular formula is C11H12O6S. The monoisotopic (exact) mass is 272 g/mol. The molecule has 1 saturated heterocycles. The minimum Gasteiger partial charge on any atom is -0.463 e. The summed E-state index contributed by atoms with van der Waals surface area (Å²) in [7, 11) is -1.91. The zero-order chi connectivity index (χ0) is 13.3. The fourth-order valence-corrected chi connectivity index (χ4v) is 3.62. The smallest absolute Gasteiger partial charge is 0.373 e. The van der Waals surface area contributed by atoms with Crippen molar-refractivity contribution in [2.24, 2.45) is 5.92 Å². The van der Waals surface area contributed by atoms with Gasteiger partial charge in [0.1, 0.15) is 0 Å². The largest absolute Gasteiger partial charge is 0.463 e. The quantitative estimate of drug-likeness (QED) is 0.593. The molecule has 18 heavy (non-hydrogen) atoms. The fraction of sp³-hybridized carbons (Fsp3) is 0.455. The van der Waals surface area contributed by atoms with Crippen LogP contribution in [0, 0.1) is 5.92 Å². The van der Waals surface area contributed by atoms with E-state index < -0.39 is 21.7 Å². The molecule has 0 spiro atoms. The lowest BCUT2D eigenvalue weighted by molar-refractivity contribution is 0.0562. The van der Waals surface area contributed by atoms with Gasteiger partial charge < -0.3 is 9.15 Å². The van der Waals surface area contributed by atoms with Crippen LogP contribution in [-0.4, -0.2) is 38.8 Å². The Morgan fingerprint density at radius 1 is 1.33 bits per heavy atom. The van der Waals surface area contributed by atoms with E-state index in [1.807, 2.05) is 0 Å². The molecule has 0 aliphatic carbocycles. The van der Waals surface area contributed by atoms with Gasteiger partial charge in [-0.05, 0) is 18.6 Å². The third kappa shape index (κ3) is 2.45. The van der Waals surface area contributed by atoms with Crippen molar-refractivity contribution >= 4 is 21.6 Å². The average molecular weight is 272 g/mol. The Hall–Kier alpha value is -1.63. The van der Waals surface area contributed by atoms with E-state index in [2.05, 4.69) is 4.74 Å². The van der Waals surface area contributed by atoms with Gasteiger partial charge in [-0.15, -0.1) is 0 Å². The minimum atomic E-state index is -3.12. The maximum absolute atomic E-state index is 11.9. The summed E-state index contributed by atoms with van der Waals surface area (Å²) in [6.07, 6.45) is 0.301. The van der Waals surface area contributed by atoms with Crippen LogP contribution in [0.25, 0.3) is 0 Å². The Balaban J connectivity index is 2.15. The van der Waals surface area contributed by atoms with Gasteiger partial charge in [-0.3, -0.25) is 4.79 Å². The first-order valence-electron chi connectivity index (χ1n) is 5.36. The van der Waals surface area contributed by atoms with Crippen LogP contribution in [-0.2, 0) is 14.6 Å². The van der Waals surface area contributed by atoms with Gasteiger partial charge in [0.05, 0.1) is 18.6 Å². The van der Waals surface area contributed by atoms with E-state index in [0.29, 0.717) is 6.42 Å². The Morgan fingerprint density at radius 2 is 2.00 bits per heavy atom. The Bertz CT molecular complexity index is 582. The zero-order valence-electron chi connectivity index (χ0n) is 9.71. The molecule has 6 nitrogen and oxygen atoms in total. The molecule has 1 fully saturated rings. The molecular weight excluding hydrogens is 260 g/mol. The molecule has 0 aromatic carbocycles. The molecule has 1 aliphatic rings. The lowest BCUT2D eigenvalue weighted by Crippen LogP contribution is -2.15. The van der Waals surface area contributed by atoms with Crippen LogP contribution in [0.2, 0.25) is 0 Å². The molecule has 1 aromatic heterocycles. The molecule has 0 radical (unpaired) electrons. The number of esters is 1. The summed E-state index contributed by atoms with van der Waals surface area (Å²) >= 11 is 0. The van der Waals surface area contributed by atoms with Gasteiger partial charge in [0.25, 0.3) is 0 Å². The number of rotatable bonds is 3. The SMILES string of the molecule is COC(=O)c1ccc(C(=O)C2CCS(=O)(=O)C2)o1. The highest BCUT2D eigenvalue weighted by molar-refractivity contribution is 7.91. The lowest BCUT2D eigenvalue weighted by atomic mass is 10.0. The van der Waals surface area contributed by atoms with E-state index in [-0.39, 0.29) is 28.8 Å². The number of hydrogen-bond acceptors (Lipinski definition) is 6. The highest BCUT2D eigenvalue weighted by Crippen LogP contribution is 2.23. The van der Waals surface area contributed by atoms with Crippen molar-refractivity contribution in [3.63, 3.8) is 0 Å². The molecule has 7 heteroatoms. The molecule has 2 rings (SSSR count). The van der Waals surface area contributed by atoms with E-state index in [1.165, 1.54) is 19.2 Å². The van der Waals surface area contributed by atoms with Crippen molar-refractivity contribution < 1.29 is 27.2 Å². The van der Waals surface area contributed by atoms with Crippen LogP contribution in [0.15, 0.2) is 16.5 Å². The van der Waals surface area contributed by atoms with Crippen LogP contribution in [0.4, 0.5) is 0 Å². The second kappa shape index (κ2) is 4.56. The standard InChI is InChI=1S/C11H12O6S/c1-16-11(13)9-3-2-8(17-9)10(12)7-4-5-18(14,15)6-7/h2-3,7H,4-6H2,1H3. The first-order chi connectivity index (χ1) is 8.43. The highest BCUT2D eigenvalue weighted by atomic mass is 32.2. The number of ether oxygens (including phenoxy) is 1. The van der Waals surface area contributed by atoms with Crippen LogP contribution < -0.4 is 0 Å². The van der Waals surface area contributed by atoms with Crippen molar-refractivity contribution in [2.45, 2.75) is 6.42 Å². The summed E-state index contributed by atoms with van der Waals surface area (Å²) in [5.41, 5.74) is 0. The third-order valence-corrected chi connectivity index (χ3v) is 4.61. The first kappa shape index (κ1) is 12.8. The Labute approximate surface area is 104 Å². The number of methoxy groups -OCH3 is 1. The Kier molecular flexibility index (Phi) is 3.25. The van der Waals surface area contributed by atoms with Crippen molar-refractivity contribution in [2.75, 3.05) is 18.6 Å². The zero-order valence-corrected chi connectivity index (χ0v) is 10.5. The molecule has 0 saturated carbocycles. The summed E-state index contributed by atoms with van der Waals surface area (Å²) < 4.78 is 32.1. The number of sulfone groups is 1. The predicted molar refractivity (Wildman–Crippen MR) is 61.1 cm³/mol. The van der Waals surface area contributed by atoms with Gasteiger partial charge in [-0.1, -0.05) is 0 Å². The second-order valence-electron chi connectivity index (χ2n) is 4.12. The normalized spacial score (nSPS) is 21.7. The van der Waals surface area contributed by atoms with Crippen molar-refractivity contribution in [3.05, 3.63) is 23.7 Å².